The first-order valence-electron chi connectivity index (χ1n) is 39.8. The van der Waals surface area contributed by atoms with Crippen molar-refractivity contribution in [1.29, 1.82) is 0 Å². The van der Waals surface area contributed by atoms with Gasteiger partial charge in [0.25, 0.3) is 11.6 Å². The summed E-state index contributed by atoms with van der Waals surface area (Å²) in [5, 5.41) is 0. The molecule has 0 saturated heterocycles. The third kappa shape index (κ3) is 17.9. The van der Waals surface area contributed by atoms with Gasteiger partial charge in [0.15, 0.2) is 58.2 Å². The van der Waals surface area contributed by atoms with Gasteiger partial charge < -0.3 is 0 Å². The highest BCUT2D eigenvalue weighted by molar-refractivity contribution is 6.55. The van der Waals surface area contributed by atoms with Crippen molar-refractivity contribution in [1.82, 2.24) is 19.1 Å². The van der Waals surface area contributed by atoms with E-state index < -0.39 is 92.0 Å². The Labute approximate surface area is 713 Å². The van der Waals surface area contributed by atoms with Gasteiger partial charge in [-0.2, -0.15) is 0 Å². The maximum atomic E-state index is 19.3. The lowest BCUT2D eigenvalue weighted by atomic mass is 9.96. The van der Waals surface area contributed by atoms with Crippen molar-refractivity contribution in [3.63, 3.8) is 0 Å². The van der Waals surface area contributed by atoms with Crippen LogP contribution in [0.4, 0.5) is 35.1 Å². The summed E-state index contributed by atoms with van der Waals surface area (Å²) >= 11 is 0. The zero-order valence-electron chi connectivity index (χ0n) is 66.5. The maximum Gasteiger partial charge on any atom is 0.267 e. The van der Waals surface area contributed by atoms with Gasteiger partial charge in [-0.1, -0.05) is 461 Å². The fourth-order valence-corrected chi connectivity index (χ4v) is 14.4. The molecule has 0 atom stereocenters. The Hall–Kier alpha value is -15.9. The quantitative estimate of drug-likeness (QED) is 0.112. The second kappa shape index (κ2) is 39.7. The van der Waals surface area contributed by atoms with Crippen molar-refractivity contribution in [2.45, 2.75) is 11.6 Å². The molecule has 18 aromatic rings. The third-order valence-electron chi connectivity index (χ3n) is 19.9. The zero-order valence-corrected chi connectivity index (χ0v) is 66.5. The van der Waals surface area contributed by atoms with E-state index in [0.29, 0.717) is 0 Å². The van der Waals surface area contributed by atoms with E-state index in [0.717, 1.165) is 9.13 Å². The summed E-state index contributed by atoms with van der Waals surface area (Å²) in [6, 6.07) is 137. The molecular formula is C108H76F8N8. The number of hydrogen-bond acceptors (Lipinski definition) is 6. The van der Waals surface area contributed by atoms with Crippen molar-refractivity contribution in [2.75, 3.05) is 0 Å². The predicted octanol–water partition coefficient (Wildman–Crippen LogP) is 26.9. The van der Waals surface area contributed by atoms with Gasteiger partial charge in [-0.3, -0.25) is 9.13 Å². The summed E-state index contributed by atoms with van der Waals surface area (Å²) in [5.74, 6) is -25.4. The number of nitrogens with zero attached hydrogens (tertiary/aromatic N) is 8. The van der Waals surface area contributed by atoms with Crippen LogP contribution in [-0.4, -0.2) is 41.9 Å². The molecule has 8 heterocycles. The Morgan fingerprint density at radius 2 is 0.315 bits per heavy atom. The summed E-state index contributed by atoms with van der Waals surface area (Å²) in [6.07, 6.45) is 0. The van der Waals surface area contributed by atoms with Gasteiger partial charge >= 0.3 is 0 Å². The molecule has 604 valence electrons. The summed E-state index contributed by atoms with van der Waals surface area (Å²) in [6.45, 7) is 0. The molecule has 6 aliphatic rings. The Morgan fingerprint density at radius 1 is 0.169 bits per heavy atom. The second-order valence-corrected chi connectivity index (χ2v) is 27.9. The standard InChI is InChI=1S/C72H40F8N8.6C6H6/c73-53-50-54(74)58(78)51(57(53)77)71(83-61(41-25-9-1-10-26-41)62(84-71)42-27-11-2-12-28-42)87-67(47-37-21-7-22-38-47)65(45-33-17-5-18-34-45)81-69(87)49-55(75)59(79)52(60(80)56(49)76)72(85-63(43-29-13-3-14-30-43)64(86-72)44-31-15-4-16-32-44)88-68(48-39-23-8-24-40-48)66(82-70(50)88)46-35-19-6-20-36-46;6*1-2-4-6-5-3-1/h1-40H;6*1-6H. The van der Waals surface area contributed by atoms with Crippen molar-refractivity contribution in [3.05, 3.63) is 541 Å². The molecule has 8 nitrogen and oxygen atoms in total. The van der Waals surface area contributed by atoms with Crippen molar-refractivity contribution in [2.24, 2.45) is 20.0 Å². The van der Waals surface area contributed by atoms with Gasteiger partial charge in [0, 0.05) is 44.5 Å². The largest absolute Gasteiger partial charge is 0.274 e. The minimum Gasteiger partial charge on any atom is -0.274 e. The lowest BCUT2D eigenvalue weighted by Crippen LogP contribution is -2.37. The lowest BCUT2D eigenvalue weighted by Gasteiger charge is -2.33. The van der Waals surface area contributed by atoms with E-state index in [2.05, 4.69) is 0 Å². The minimum absolute atomic E-state index is 0.122. The van der Waals surface area contributed by atoms with Crippen molar-refractivity contribution >= 4 is 22.8 Å². The summed E-state index contributed by atoms with van der Waals surface area (Å²) < 4.78 is 155. The van der Waals surface area contributed by atoms with E-state index in [1.807, 2.05) is 218 Å². The van der Waals surface area contributed by atoms with Crippen LogP contribution in [-0.2, 0) is 11.6 Å². The molecule has 2 spiro atoms. The Kier molecular flexibility index (Phi) is 26.6. The van der Waals surface area contributed by atoms with Crippen LogP contribution in [0.2, 0.25) is 0 Å². The van der Waals surface area contributed by atoms with E-state index in [-0.39, 0.29) is 90.1 Å². The molecule has 16 aromatic carbocycles. The molecule has 0 saturated carbocycles. The van der Waals surface area contributed by atoms with Crippen molar-refractivity contribution < 1.29 is 35.1 Å². The number of benzene rings is 16. The highest BCUT2D eigenvalue weighted by Crippen LogP contribution is 2.55. The minimum atomic E-state index is -3.31. The van der Waals surface area contributed by atoms with Crippen LogP contribution < -0.4 is 0 Å². The highest BCUT2D eigenvalue weighted by atomic mass is 19.2. The van der Waals surface area contributed by atoms with Crippen LogP contribution >= 0.6 is 0 Å². The first-order chi connectivity index (χ1) is 61.0. The van der Waals surface area contributed by atoms with Gasteiger partial charge in [-0.15, -0.1) is 0 Å². The fourth-order valence-electron chi connectivity index (χ4n) is 14.4. The smallest absolute Gasteiger partial charge is 0.267 e. The number of aliphatic imine (C=N–C) groups is 4. The van der Waals surface area contributed by atoms with E-state index in [1.54, 1.807) is 218 Å². The normalized spacial score (nSPS) is 12.5. The monoisotopic (exact) mass is 1640 g/mol. The average molecular weight is 1640 g/mol. The summed E-state index contributed by atoms with van der Waals surface area (Å²) in [7, 11) is 0. The zero-order chi connectivity index (χ0) is 85.5. The molecule has 124 heavy (non-hydrogen) atoms. The fraction of sp³-hybridized carbons (Fsp3) is 0.0185. The van der Waals surface area contributed by atoms with Gasteiger partial charge in [0.2, 0.25) is 0 Å². The molecule has 0 aliphatic carbocycles. The lowest BCUT2D eigenvalue weighted by molar-refractivity contribution is 0.329. The molecular weight excluding hydrogens is 1560 g/mol. The van der Waals surface area contributed by atoms with E-state index >= 15 is 35.1 Å². The van der Waals surface area contributed by atoms with Crippen LogP contribution in [0.5, 0.6) is 0 Å². The molecule has 24 rings (SSSR count). The van der Waals surface area contributed by atoms with Crippen LogP contribution in [0, 0.1) is 46.5 Å². The van der Waals surface area contributed by atoms with Crippen LogP contribution in [0.25, 0.3) is 67.8 Å². The maximum absolute atomic E-state index is 19.3. The molecule has 0 N–H and O–H groups in total. The first-order valence-corrected chi connectivity index (χ1v) is 39.8. The molecule has 0 radical (unpaired) electrons. The summed E-state index contributed by atoms with van der Waals surface area (Å²) in [4.78, 5) is 30.0. The van der Waals surface area contributed by atoms with Gasteiger partial charge in [0.1, 0.15) is 11.1 Å². The molecule has 0 unspecified atom stereocenters. The molecule has 0 fully saturated rings. The molecule has 16 heteroatoms. The number of hydrogen-bond donors (Lipinski definition) is 0. The number of aromatic nitrogens is 4. The average Bonchev–Trinajstić information content (AvgIpc) is 1.50. The summed E-state index contributed by atoms with van der Waals surface area (Å²) in [5.41, 5.74) is -5.80. The van der Waals surface area contributed by atoms with Crippen LogP contribution in [0.15, 0.2) is 481 Å². The first kappa shape index (κ1) is 83.1. The predicted molar refractivity (Wildman–Crippen MR) is 481 cm³/mol. The van der Waals surface area contributed by atoms with E-state index in [9.17, 15) is 0 Å². The molecule has 6 aliphatic heterocycles. The number of imidazole rings is 2. The Morgan fingerprint density at radius 3 is 0.484 bits per heavy atom. The second-order valence-electron chi connectivity index (χ2n) is 27.9. The number of halogens is 8. The van der Waals surface area contributed by atoms with Crippen LogP contribution in [0.1, 0.15) is 33.4 Å². The van der Waals surface area contributed by atoms with E-state index in [4.69, 9.17) is 29.9 Å². The molecule has 2 aromatic heterocycles. The molecule has 4 bridgehead atoms. The number of rotatable bonds is 8. The Bertz CT molecular complexity index is 5740. The molecule has 0 amide bonds. The SMILES string of the molecule is Fc1c(F)c2c(F)c(F)c1-c1nc(-c3ccccc3)c(-c3ccccc3)n1C1(N=C(c3ccccc3)C(c3ccccc3)=N1)c1c(F)c(F)c(c(F)c1F)-c1nc(-c3ccccc3)c(-c3ccccc3)n1C21N=C(c2ccccc2)C(c2ccccc2)=N1.c1ccccc1.c1ccccc1.c1ccccc1.c1ccccc1.c1ccccc1.c1ccccc1. The van der Waals surface area contributed by atoms with E-state index in [1.165, 1.54) is 24.3 Å². The third-order valence-corrected chi connectivity index (χ3v) is 19.9. The van der Waals surface area contributed by atoms with Gasteiger partial charge in [0.05, 0.1) is 56.7 Å². The van der Waals surface area contributed by atoms with Gasteiger partial charge in [-0.25, -0.2) is 65.1 Å². The highest BCUT2D eigenvalue weighted by Gasteiger charge is 2.56. The van der Waals surface area contributed by atoms with Crippen molar-refractivity contribution in [3.8, 4) is 67.8 Å². The van der Waals surface area contributed by atoms with Gasteiger partial charge in [-0.05, 0) is 0 Å². The van der Waals surface area contributed by atoms with Crippen LogP contribution in [0.3, 0.4) is 0 Å². The Balaban J connectivity index is 0.000000271. The topological polar surface area (TPSA) is 85.1 Å².